The van der Waals surface area contributed by atoms with E-state index in [0.29, 0.717) is 26.4 Å². The molecule has 0 aliphatic rings. The Labute approximate surface area is 152 Å². The summed E-state index contributed by atoms with van der Waals surface area (Å²) in [6.07, 6.45) is 0. The number of ether oxygens (including phenoxy) is 2. The van der Waals surface area contributed by atoms with E-state index in [2.05, 4.69) is 29.2 Å². The standard InChI is InChI=1S/C19H23N3O2S/c1-22(2)15-5-3-14(4-6-15)19-21-17-8-7-16(13-18(17)25-19)24-12-11-23-10-9-20/h3-8,13H,9-12,20H2,1-2H3. The third-order valence-corrected chi connectivity index (χ3v) is 4.82. The fraction of sp³-hybridized carbons (Fsp3) is 0.316. The van der Waals surface area contributed by atoms with Crippen molar-refractivity contribution in [3.05, 3.63) is 42.5 Å². The van der Waals surface area contributed by atoms with E-state index in [1.54, 1.807) is 11.3 Å². The molecule has 3 aromatic rings. The number of hydrogen-bond acceptors (Lipinski definition) is 6. The van der Waals surface area contributed by atoms with Crippen molar-refractivity contribution in [2.45, 2.75) is 0 Å². The van der Waals surface area contributed by atoms with Crippen LogP contribution in [0.25, 0.3) is 20.8 Å². The molecule has 6 heteroatoms. The molecule has 0 bridgehead atoms. The summed E-state index contributed by atoms with van der Waals surface area (Å²) >= 11 is 1.67. The minimum atomic E-state index is 0.517. The molecule has 0 unspecified atom stereocenters. The van der Waals surface area contributed by atoms with Crippen molar-refractivity contribution >= 4 is 27.2 Å². The maximum atomic E-state index is 5.73. The number of benzene rings is 2. The lowest BCUT2D eigenvalue weighted by molar-refractivity contribution is 0.106. The predicted molar refractivity (Wildman–Crippen MR) is 105 cm³/mol. The molecule has 1 heterocycles. The first kappa shape index (κ1) is 17.7. The van der Waals surface area contributed by atoms with E-state index < -0.39 is 0 Å². The monoisotopic (exact) mass is 357 g/mol. The molecule has 25 heavy (non-hydrogen) atoms. The maximum absolute atomic E-state index is 5.73. The van der Waals surface area contributed by atoms with Crippen LogP contribution in [0.1, 0.15) is 0 Å². The van der Waals surface area contributed by atoms with Gasteiger partial charge in [0.15, 0.2) is 0 Å². The number of thiazole rings is 1. The molecule has 2 aromatic carbocycles. The van der Waals surface area contributed by atoms with Crippen LogP contribution < -0.4 is 15.4 Å². The molecule has 0 radical (unpaired) electrons. The third-order valence-electron chi connectivity index (χ3n) is 3.75. The Morgan fingerprint density at radius 3 is 2.56 bits per heavy atom. The van der Waals surface area contributed by atoms with Crippen LogP contribution in [-0.4, -0.2) is 45.4 Å². The smallest absolute Gasteiger partial charge is 0.124 e. The second kappa shape index (κ2) is 8.29. The molecule has 0 saturated heterocycles. The number of anilines is 1. The summed E-state index contributed by atoms with van der Waals surface area (Å²) in [5.41, 5.74) is 8.68. The fourth-order valence-corrected chi connectivity index (χ4v) is 3.42. The van der Waals surface area contributed by atoms with Crippen LogP contribution in [0.5, 0.6) is 5.75 Å². The Balaban J connectivity index is 1.71. The fourth-order valence-electron chi connectivity index (χ4n) is 2.42. The van der Waals surface area contributed by atoms with Gasteiger partial charge < -0.3 is 20.1 Å². The zero-order valence-corrected chi connectivity index (χ0v) is 15.4. The lowest BCUT2D eigenvalue weighted by Gasteiger charge is -2.11. The Kier molecular flexibility index (Phi) is 5.86. The number of aromatic nitrogens is 1. The lowest BCUT2D eigenvalue weighted by atomic mass is 10.2. The maximum Gasteiger partial charge on any atom is 0.124 e. The van der Waals surface area contributed by atoms with Crippen LogP contribution in [0.3, 0.4) is 0 Å². The predicted octanol–water partition coefficient (Wildman–Crippen LogP) is 3.38. The second-order valence-corrected chi connectivity index (χ2v) is 6.87. The van der Waals surface area contributed by atoms with E-state index in [0.717, 1.165) is 26.5 Å². The van der Waals surface area contributed by atoms with Crippen molar-refractivity contribution < 1.29 is 9.47 Å². The van der Waals surface area contributed by atoms with E-state index in [9.17, 15) is 0 Å². The van der Waals surface area contributed by atoms with Gasteiger partial charge in [0.1, 0.15) is 17.4 Å². The Bertz CT molecular complexity index is 815. The second-order valence-electron chi connectivity index (χ2n) is 5.84. The molecule has 2 N–H and O–H groups in total. The van der Waals surface area contributed by atoms with Gasteiger partial charge in [0.25, 0.3) is 0 Å². The lowest BCUT2D eigenvalue weighted by Crippen LogP contribution is -2.13. The SMILES string of the molecule is CN(C)c1ccc(-c2nc3ccc(OCCOCCN)cc3s2)cc1. The Hall–Kier alpha value is -2.15. The zero-order valence-electron chi connectivity index (χ0n) is 14.6. The summed E-state index contributed by atoms with van der Waals surface area (Å²) in [4.78, 5) is 6.82. The zero-order chi connectivity index (χ0) is 17.6. The topological polar surface area (TPSA) is 60.6 Å². The summed E-state index contributed by atoms with van der Waals surface area (Å²) in [6.45, 7) is 2.16. The molecule has 0 amide bonds. The first-order valence-corrected chi connectivity index (χ1v) is 9.08. The number of nitrogens with zero attached hydrogens (tertiary/aromatic N) is 2. The van der Waals surface area contributed by atoms with E-state index in [-0.39, 0.29) is 0 Å². The largest absolute Gasteiger partial charge is 0.491 e. The van der Waals surface area contributed by atoms with Crippen molar-refractivity contribution in [1.29, 1.82) is 0 Å². The third kappa shape index (κ3) is 4.48. The number of fused-ring (bicyclic) bond motifs is 1. The Morgan fingerprint density at radius 1 is 1.04 bits per heavy atom. The van der Waals surface area contributed by atoms with Gasteiger partial charge in [-0.15, -0.1) is 11.3 Å². The molecule has 0 fully saturated rings. The number of rotatable bonds is 8. The van der Waals surface area contributed by atoms with Gasteiger partial charge in [-0.2, -0.15) is 0 Å². The highest BCUT2D eigenvalue weighted by molar-refractivity contribution is 7.21. The van der Waals surface area contributed by atoms with Gasteiger partial charge in [0.2, 0.25) is 0 Å². The molecule has 0 atom stereocenters. The molecule has 3 rings (SSSR count). The molecule has 132 valence electrons. The number of hydrogen-bond donors (Lipinski definition) is 1. The molecule has 0 aliphatic carbocycles. The molecule has 0 spiro atoms. The first-order chi connectivity index (χ1) is 12.2. The van der Waals surface area contributed by atoms with Gasteiger partial charge in [-0.1, -0.05) is 0 Å². The van der Waals surface area contributed by atoms with Crippen molar-refractivity contribution in [3.8, 4) is 16.3 Å². The van der Waals surface area contributed by atoms with Gasteiger partial charge in [-0.3, -0.25) is 0 Å². The van der Waals surface area contributed by atoms with Crippen LogP contribution in [-0.2, 0) is 4.74 Å². The highest BCUT2D eigenvalue weighted by Crippen LogP contribution is 2.33. The molecular formula is C19H23N3O2S. The van der Waals surface area contributed by atoms with Crippen molar-refractivity contribution in [2.24, 2.45) is 5.73 Å². The summed E-state index contributed by atoms with van der Waals surface area (Å²) < 4.78 is 12.2. The van der Waals surface area contributed by atoms with Crippen LogP contribution in [0, 0.1) is 0 Å². The summed E-state index contributed by atoms with van der Waals surface area (Å²) in [5, 5.41) is 1.02. The molecule has 0 saturated carbocycles. The van der Waals surface area contributed by atoms with Crippen molar-refractivity contribution in [1.82, 2.24) is 4.98 Å². The summed E-state index contributed by atoms with van der Waals surface area (Å²) in [6, 6.07) is 14.4. The Morgan fingerprint density at radius 2 is 1.84 bits per heavy atom. The van der Waals surface area contributed by atoms with Gasteiger partial charge >= 0.3 is 0 Å². The van der Waals surface area contributed by atoms with Gasteiger partial charge in [0.05, 0.1) is 23.4 Å². The highest BCUT2D eigenvalue weighted by atomic mass is 32.1. The van der Waals surface area contributed by atoms with Crippen LogP contribution in [0.2, 0.25) is 0 Å². The van der Waals surface area contributed by atoms with Crippen molar-refractivity contribution in [3.63, 3.8) is 0 Å². The van der Waals surface area contributed by atoms with Crippen molar-refractivity contribution in [2.75, 3.05) is 45.4 Å². The average molecular weight is 357 g/mol. The minimum absolute atomic E-state index is 0.517. The van der Waals surface area contributed by atoms with Gasteiger partial charge in [-0.05, 0) is 42.5 Å². The van der Waals surface area contributed by atoms with E-state index in [4.69, 9.17) is 20.2 Å². The average Bonchev–Trinajstić information content (AvgIpc) is 3.05. The molecule has 0 aliphatic heterocycles. The quantitative estimate of drug-likeness (QED) is 0.626. The first-order valence-electron chi connectivity index (χ1n) is 8.26. The van der Waals surface area contributed by atoms with E-state index in [1.165, 1.54) is 5.69 Å². The highest BCUT2D eigenvalue weighted by Gasteiger charge is 2.08. The van der Waals surface area contributed by atoms with Gasteiger partial charge in [-0.25, -0.2) is 4.98 Å². The van der Waals surface area contributed by atoms with Gasteiger partial charge in [0, 0.05) is 31.9 Å². The molecule has 1 aromatic heterocycles. The van der Waals surface area contributed by atoms with E-state index in [1.807, 2.05) is 32.3 Å². The summed E-state index contributed by atoms with van der Waals surface area (Å²) in [5.74, 6) is 0.835. The molecule has 5 nitrogen and oxygen atoms in total. The molecular weight excluding hydrogens is 334 g/mol. The normalized spacial score (nSPS) is 11.0. The van der Waals surface area contributed by atoms with Crippen LogP contribution in [0.15, 0.2) is 42.5 Å². The number of nitrogens with two attached hydrogens (primary N) is 1. The van der Waals surface area contributed by atoms with Crippen LogP contribution in [0.4, 0.5) is 5.69 Å². The summed E-state index contributed by atoms with van der Waals surface area (Å²) in [7, 11) is 4.07. The minimum Gasteiger partial charge on any atom is -0.491 e. The van der Waals surface area contributed by atoms with E-state index >= 15 is 0 Å². The van der Waals surface area contributed by atoms with Crippen LogP contribution >= 0.6 is 11.3 Å².